The Morgan fingerprint density at radius 2 is 2.00 bits per heavy atom. The van der Waals surface area contributed by atoms with E-state index in [1.165, 1.54) is 24.5 Å². The van der Waals surface area contributed by atoms with Gasteiger partial charge in [0.15, 0.2) is 0 Å². The molecule has 7 heteroatoms. The maximum Gasteiger partial charge on any atom is 0.256 e. The Hall–Kier alpha value is -1.89. The third-order valence-corrected chi connectivity index (χ3v) is 5.25. The van der Waals surface area contributed by atoms with E-state index < -0.39 is 16.6 Å². The second-order valence-corrected chi connectivity index (χ2v) is 7.17. The van der Waals surface area contributed by atoms with Crippen molar-refractivity contribution in [3.63, 3.8) is 0 Å². The molecule has 2 atom stereocenters. The van der Waals surface area contributed by atoms with Gasteiger partial charge in [0.2, 0.25) is 0 Å². The molecule has 1 aromatic heterocycles. The minimum atomic E-state index is -0.919. The molecule has 3 rings (SSSR count). The fourth-order valence-electron chi connectivity index (χ4n) is 2.64. The highest BCUT2D eigenvalue weighted by Crippen LogP contribution is 2.19. The van der Waals surface area contributed by atoms with E-state index in [9.17, 15) is 13.4 Å². The van der Waals surface area contributed by atoms with E-state index in [4.69, 9.17) is 0 Å². The first kappa shape index (κ1) is 15.0. The zero-order valence-corrected chi connectivity index (χ0v) is 13.0. The highest BCUT2D eigenvalue weighted by atomic mass is 32.2. The van der Waals surface area contributed by atoms with Crippen LogP contribution in [0.4, 0.5) is 4.39 Å². The summed E-state index contributed by atoms with van der Waals surface area (Å²) in [4.78, 5) is 22.3. The molecule has 1 aliphatic heterocycles. The van der Waals surface area contributed by atoms with Gasteiger partial charge in [0, 0.05) is 53.9 Å². The van der Waals surface area contributed by atoms with Crippen molar-refractivity contribution in [2.24, 2.45) is 5.92 Å². The molecule has 2 heterocycles. The summed E-state index contributed by atoms with van der Waals surface area (Å²) in [6.45, 7) is 2.82. The summed E-state index contributed by atoms with van der Waals surface area (Å²) in [5.41, 5.74) is 0.897. The molecule has 0 spiro atoms. The number of amides is 1. The third kappa shape index (κ3) is 2.99. The van der Waals surface area contributed by atoms with Gasteiger partial charge in [-0.15, -0.1) is 0 Å². The average Bonchev–Trinajstić information content (AvgIpc) is 2.66. The maximum absolute atomic E-state index is 14.2. The number of benzene rings is 1. The highest BCUT2D eigenvalue weighted by Gasteiger charge is 2.25. The van der Waals surface area contributed by atoms with Crippen LogP contribution in [0.5, 0.6) is 0 Å². The fraction of sp³-hybridized carbons (Fsp3) is 0.400. The van der Waals surface area contributed by atoms with E-state index in [1.54, 1.807) is 4.90 Å². The molecule has 1 saturated heterocycles. The molecule has 116 valence electrons. The Kier molecular flexibility index (Phi) is 4.15. The Morgan fingerprint density at radius 3 is 2.73 bits per heavy atom. The van der Waals surface area contributed by atoms with Gasteiger partial charge in [0.1, 0.15) is 5.82 Å². The lowest BCUT2D eigenvalue weighted by Crippen LogP contribution is -2.35. The first-order valence-electron chi connectivity index (χ1n) is 7.09. The molecular formula is C15H16FN3O2S. The van der Waals surface area contributed by atoms with Crippen LogP contribution in [-0.4, -0.2) is 49.6 Å². The standard InChI is InChI=1S/C15H16FN3O2S/c1-10-8-19(4-5-22(21)9-10)15(20)11-6-13-14(7-12(11)16)18-3-2-17-13/h2-3,6-7,10H,4-5,8-9H2,1H3. The van der Waals surface area contributed by atoms with Crippen molar-refractivity contribution in [2.75, 3.05) is 24.6 Å². The molecule has 1 amide bonds. The molecule has 2 unspecified atom stereocenters. The first-order chi connectivity index (χ1) is 10.5. The maximum atomic E-state index is 14.2. The summed E-state index contributed by atoms with van der Waals surface area (Å²) < 4.78 is 25.9. The van der Waals surface area contributed by atoms with Crippen LogP contribution in [0.15, 0.2) is 24.5 Å². The lowest BCUT2D eigenvalue weighted by Gasteiger charge is -2.22. The van der Waals surface area contributed by atoms with Gasteiger partial charge < -0.3 is 4.90 Å². The number of carbonyl (C=O) groups is 1. The summed E-state index contributed by atoms with van der Waals surface area (Å²) >= 11 is 0. The molecule has 5 nitrogen and oxygen atoms in total. The van der Waals surface area contributed by atoms with Crippen LogP contribution in [0.1, 0.15) is 17.3 Å². The Balaban J connectivity index is 1.94. The number of hydrogen-bond donors (Lipinski definition) is 0. The van der Waals surface area contributed by atoms with E-state index in [0.29, 0.717) is 35.6 Å². The van der Waals surface area contributed by atoms with Crippen molar-refractivity contribution >= 4 is 27.7 Å². The van der Waals surface area contributed by atoms with Gasteiger partial charge in [-0.3, -0.25) is 19.0 Å². The predicted octanol–water partition coefficient (Wildman–Crippen LogP) is 1.61. The quantitative estimate of drug-likeness (QED) is 0.800. The number of rotatable bonds is 1. The van der Waals surface area contributed by atoms with Gasteiger partial charge in [0.05, 0.1) is 16.6 Å². The van der Waals surface area contributed by atoms with Crippen LogP contribution in [0.3, 0.4) is 0 Å². The van der Waals surface area contributed by atoms with Gasteiger partial charge in [-0.05, 0) is 12.0 Å². The molecule has 0 saturated carbocycles. The van der Waals surface area contributed by atoms with Gasteiger partial charge >= 0.3 is 0 Å². The van der Waals surface area contributed by atoms with Gasteiger partial charge in [0.25, 0.3) is 5.91 Å². The van der Waals surface area contributed by atoms with Crippen molar-refractivity contribution in [1.82, 2.24) is 14.9 Å². The van der Waals surface area contributed by atoms with Crippen LogP contribution in [-0.2, 0) is 10.8 Å². The van der Waals surface area contributed by atoms with Crippen molar-refractivity contribution in [1.29, 1.82) is 0 Å². The van der Waals surface area contributed by atoms with E-state index in [-0.39, 0.29) is 17.4 Å². The molecule has 0 N–H and O–H groups in total. The normalized spacial score (nSPS) is 22.5. The van der Waals surface area contributed by atoms with Crippen molar-refractivity contribution in [3.8, 4) is 0 Å². The lowest BCUT2D eigenvalue weighted by molar-refractivity contribution is 0.0747. The zero-order valence-electron chi connectivity index (χ0n) is 12.2. The molecule has 1 fully saturated rings. The minimum absolute atomic E-state index is 0.00659. The van der Waals surface area contributed by atoms with Crippen molar-refractivity contribution in [3.05, 3.63) is 35.9 Å². The first-order valence-corrected chi connectivity index (χ1v) is 8.58. The molecule has 0 aliphatic carbocycles. The third-order valence-electron chi connectivity index (χ3n) is 3.67. The Labute approximate surface area is 130 Å². The van der Waals surface area contributed by atoms with E-state index in [0.717, 1.165) is 0 Å². The fourth-order valence-corrected chi connectivity index (χ4v) is 3.97. The topological polar surface area (TPSA) is 63.2 Å². The van der Waals surface area contributed by atoms with Crippen LogP contribution in [0, 0.1) is 11.7 Å². The number of carbonyl (C=O) groups excluding carboxylic acids is 1. The van der Waals surface area contributed by atoms with Crippen LogP contribution in [0.2, 0.25) is 0 Å². The summed E-state index contributed by atoms with van der Waals surface area (Å²) in [7, 11) is -0.919. The molecule has 1 aliphatic rings. The Morgan fingerprint density at radius 1 is 1.32 bits per heavy atom. The zero-order chi connectivity index (χ0) is 15.7. The van der Waals surface area contributed by atoms with Crippen molar-refractivity contribution in [2.45, 2.75) is 6.92 Å². The van der Waals surface area contributed by atoms with Gasteiger partial charge in [-0.25, -0.2) is 4.39 Å². The molecule has 0 bridgehead atoms. The lowest BCUT2D eigenvalue weighted by atomic mass is 10.1. The second kappa shape index (κ2) is 6.08. The number of fused-ring (bicyclic) bond motifs is 1. The van der Waals surface area contributed by atoms with E-state index in [1.807, 2.05) is 6.92 Å². The molecule has 2 aromatic rings. The summed E-state index contributed by atoms with van der Waals surface area (Å²) in [5, 5.41) is 0. The smallest absolute Gasteiger partial charge is 0.256 e. The largest absolute Gasteiger partial charge is 0.337 e. The number of nitrogens with zero attached hydrogens (tertiary/aromatic N) is 3. The molecule has 1 aromatic carbocycles. The van der Waals surface area contributed by atoms with Crippen molar-refractivity contribution < 1.29 is 13.4 Å². The average molecular weight is 321 g/mol. The van der Waals surface area contributed by atoms with Gasteiger partial charge in [-0.2, -0.15) is 0 Å². The SMILES string of the molecule is CC1CN(C(=O)c2cc3nccnc3cc2F)CCS(=O)C1. The number of halogens is 1. The number of aromatic nitrogens is 2. The van der Waals surface area contributed by atoms with Crippen LogP contribution < -0.4 is 0 Å². The van der Waals surface area contributed by atoms with Crippen LogP contribution in [0.25, 0.3) is 11.0 Å². The number of hydrogen-bond acceptors (Lipinski definition) is 4. The molecule has 0 radical (unpaired) electrons. The summed E-state index contributed by atoms with van der Waals surface area (Å²) in [5.74, 6) is 0.169. The van der Waals surface area contributed by atoms with Gasteiger partial charge in [-0.1, -0.05) is 6.92 Å². The highest BCUT2D eigenvalue weighted by molar-refractivity contribution is 7.85. The second-order valence-electron chi connectivity index (χ2n) is 5.54. The minimum Gasteiger partial charge on any atom is -0.337 e. The van der Waals surface area contributed by atoms with E-state index in [2.05, 4.69) is 9.97 Å². The predicted molar refractivity (Wildman–Crippen MR) is 82.4 cm³/mol. The Bertz CT molecular complexity index is 753. The summed E-state index contributed by atoms with van der Waals surface area (Å²) in [6, 6.07) is 2.67. The summed E-state index contributed by atoms with van der Waals surface area (Å²) in [6.07, 6.45) is 2.99. The molecule has 22 heavy (non-hydrogen) atoms. The van der Waals surface area contributed by atoms with Crippen LogP contribution >= 0.6 is 0 Å². The van der Waals surface area contributed by atoms with E-state index >= 15 is 0 Å². The molecular weight excluding hydrogens is 305 g/mol. The monoisotopic (exact) mass is 321 g/mol.